The van der Waals surface area contributed by atoms with E-state index in [9.17, 15) is 0 Å². The van der Waals surface area contributed by atoms with E-state index in [-0.39, 0.29) is 5.60 Å². The molecule has 1 aromatic rings. The van der Waals surface area contributed by atoms with Gasteiger partial charge in [0.1, 0.15) is 0 Å². The predicted molar refractivity (Wildman–Crippen MR) is 71.1 cm³/mol. The van der Waals surface area contributed by atoms with Gasteiger partial charge in [-0.2, -0.15) is 0 Å². The van der Waals surface area contributed by atoms with Crippen molar-refractivity contribution in [3.05, 3.63) is 35.4 Å². The maximum Gasteiger partial charge on any atom is 0.0707 e. The van der Waals surface area contributed by atoms with E-state index in [0.717, 1.165) is 13.1 Å². The van der Waals surface area contributed by atoms with Crippen LogP contribution in [-0.2, 0) is 11.3 Å². The SMILES string of the molecule is Cc1ccccc1CNCC1CCC(C)(C)O1. The van der Waals surface area contributed by atoms with Crippen LogP contribution in [0.5, 0.6) is 0 Å². The lowest BCUT2D eigenvalue weighted by molar-refractivity contribution is -0.0143. The average Bonchev–Trinajstić information content (AvgIpc) is 2.61. The summed E-state index contributed by atoms with van der Waals surface area (Å²) in [7, 11) is 0. The van der Waals surface area contributed by atoms with Gasteiger partial charge in [0, 0.05) is 13.1 Å². The number of benzene rings is 1. The van der Waals surface area contributed by atoms with Gasteiger partial charge >= 0.3 is 0 Å². The highest BCUT2D eigenvalue weighted by atomic mass is 16.5. The highest BCUT2D eigenvalue weighted by molar-refractivity contribution is 5.25. The molecule has 1 saturated heterocycles. The molecule has 0 spiro atoms. The molecule has 1 aliphatic heterocycles. The number of hydrogen-bond donors (Lipinski definition) is 1. The summed E-state index contributed by atoms with van der Waals surface area (Å²) in [5.41, 5.74) is 2.81. The predicted octanol–water partition coefficient (Wildman–Crippen LogP) is 3.04. The number of ether oxygens (including phenoxy) is 1. The normalized spacial score (nSPS) is 22.9. The van der Waals surface area contributed by atoms with Gasteiger partial charge in [-0.25, -0.2) is 0 Å². The number of rotatable bonds is 4. The van der Waals surface area contributed by atoms with Gasteiger partial charge in [-0.15, -0.1) is 0 Å². The maximum atomic E-state index is 5.95. The molecule has 0 aliphatic carbocycles. The summed E-state index contributed by atoms with van der Waals surface area (Å²) in [5.74, 6) is 0. The molecule has 2 rings (SSSR count). The van der Waals surface area contributed by atoms with Gasteiger partial charge in [-0.05, 0) is 44.7 Å². The summed E-state index contributed by atoms with van der Waals surface area (Å²) >= 11 is 0. The van der Waals surface area contributed by atoms with E-state index in [0.29, 0.717) is 6.10 Å². The molecule has 1 fully saturated rings. The molecule has 1 aromatic carbocycles. The molecule has 1 N–H and O–H groups in total. The lowest BCUT2D eigenvalue weighted by Crippen LogP contribution is -2.29. The van der Waals surface area contributed by atoms with E-state index < -0.39 is 0 Å². The van der Waals surface area contributed by atoms with Crippen LogP contribution in [0.15, 0.2) is 24.3 Å². The largest absolute Gasteiger partial charge is 0.371 e. The van der Waals surface area contributed by atoms with Crippen molar-refractivity contribution < 1.29 is 4.74 Å². The minimum absolute atomic E-state index is 0.0784. The Morgan fingerprint density at radius 1 is 1.35 bits per heavy atom. The maximum absolute atomic E-state index is 5.95. The average molecular weight is 233 g/mol. The van der Waals surface area contributed by atoms with Gasteiger partial charge in [0.05, 0.1) is 11.7 Å². The highest BCUT2D eigenvalue weighted by Crippen LogP contribution is 2.28. The van der Waals surface area contributed by atoms with E-state index in [1.165, 1.54) is 24.0 Å². The van der Waals surface area contributed by atoms with Crippen molar-refractivity contribution in [2.45, 2.75) is 51.9 Å². The van der Waals surface area contributed by atoms with Crippen LogP contribution in [0.1, 0.15) is 37.8 Å². The summed E-state index contributed by atoms with van der Waals surface area (Å²) < 4.78 is 5.95. The summed E-state index contributed by atoms with van der Waals surface area (Å²) in [4.78, 5) is 0. The van der Waals surface area contributed by atoms with Gasteiger partial charge in [0.2, 0.25) is 0 Å². The van der Waals surface area contributed by atoms with Crippen LogP contribution in [0, 0.1) is 6.92 Å². The standard InChI is InChI=1S/C15H23NO/c1-12-6-4-5-7-13(12)10-16-11-14-8-9-15(2,3)17-14/h4-7,14,16H,8-11H2,1-3H3. The molecule has 1 unspecified atom stereocenters. The summed E-state index contributed by atoms with van der Waals surface area (Å²) in [6, 6.07) is 8.52. The molecule has 1 heterocycles. The van der Waals surface area contributed by atoms with E-state index in [1.54, 1.807) is 0 Å². The van der Waals surface area contributed by atoms with Crippen molar-refractivity contribution in [2.75, 3.05) is 6.54 Å². The van der Waals surface area contributed by atoms with Crippen molar-refractivity contribution in [3.63, 3.8) is 0 Å². The Hall–Kier alpha value is -0.860. The van der Waals surface area contributed by atoms with Gasteiger partial charge in [-0.3, -0.25) is 0 Å². The van der Waals surface area contributed by atoms with Crippen LogP contribution >= 0.6 is 0 Å². The molecule has 0 amide bonds. The van der Waals surface area contributed by atoms with Crippen molar-refractivity contribution in [1.29, 1.82) is 0 Å². The van der Waals surface area contributed by atoms with E-state index in [1.807, 2.05) is 0 Å². The number of nitrogens with one attached hydrogen (secondary N) is 1. The van der Waals surface area contributed by atoms with Crippen molar-refractivity contribution >= 4 is 0 Å². The molecule has 2 nitrogen and oxygen atoms in total. The fourth-order valence-electron chi connectivity index (χ4n) is 2.40. The summed E-state index contributed by atoms with van der Waals surface area (Å²) in [6.45, 7) is 8.40. The zero-order valence-corrected chi connectivity index (χ0v) is 11.1. The van der Waals surface area contributed by atoms with Gasteiger partial charge < -0.3 is 10.1 Å². The highest BCUT2D eigenvalue weighted by Gasteiger charge is 2.30. The van der Waals surface area contributed by atoms with Gasteiger partial charge in [0.25, 0.3) is 0 Å². The Bertz CT molecular complexity index is 373. The number of hydrogen-bond acceptors (Lipinski definition) is 2. The second kappa shape index (κ2) is 5.19. The lowest BCUT2D eigenvalue weighted by atomic mass is 10.1. The first-order chi connectivity index (χ1) is 8.07. The van der Waals surface area contributed by atoms with Crippen molar-refractivity contribution in [2.24, 2.45) is 0 Å². The Labute approximate surface area is 104 Å². The minimum atomic E-state index is 0.0784. The zero-order chi connectivity index (χ0) is 12.3. The molecule has 1 atom stereocenters. The first-order valence-corrected chi connectivity index (χ1v) is 6.50. The second-order valence-electron chi connectivity index (χ2n) is 5.60. The quantitative estimate of drug-likeness (QED) is 0.863. The molecule has 94 valence electrons. The minimum Gasteiger partial charge on any atom is -0.371 e. The molecule has 0 aromatic heterocycles. The molecular formula is C15H23NO. The molecule has 2 heteroatoms. The van der Waals surface area contributed by atoms with E-state index >= 15 is 0 Å². The van der Waals surface area contributed by atoms with Gasteiger partial charge in [-0.1, -0.05) is 24.3 Å². The van der Waals surface area contributed by atoms with Crippen LogP contribution in [0.2, 0.25) is 0 Å². The van der Waals surface area contributed by atoms with Crippen molar-refractivity contribution in [1.82, 2.24) is 5.32 Å². The lowest BCUT2D eigenvalue weighted by Gasteiger charge is -2.19. The van der Waals surface area contributed by atoms with Crippen LogP contribution in [0.4, 0.5) is 0 Å². The molecular weight excluding hydrogens is 210 g/mol. The Morgan fingerprint density at radius 3 is 2.76 bits per heavy atom. The fourth-order valence-corrected chi connectivity index (χ4v) is 2.40. The smallest absolute Gasteiger partial charge is 0.0707 e. The van der Waals surface area contributed by atoms with Crippen LogP contribution in [0.3, 0.4) is 0 Å². The molecule has 0 bridgehead atoms. The third-order valence-electron chi connectivity index (χ3n) is 3.50. The van der Waals surface area contributed by atoms with E-state index in [4.69, 9.17) is 4.74 Å². The third kappa shape index (κ3) is 3.55. The van der Waals surface area contributed by atoms with Crippen LogP contribution in [0.25, 0.3) is 0 Å². The topological polar surface area (TPSA) is 21.3 Å². The number of aryl methyl sites for hydroxylation is 1. The Morgan fingerprint density at radius 2 is 2.12 bits per heavy atom. The summed E-state index contributed by atoms with van der Waals surface area (Å²) in [6.07, 6.45) is 2.73. The van der Waals surface area contributed by atoms with Crippen LogP contribution < -0.4 is 5.32 Å². The fraction of sp³-hybridized carbons (Fsp3) is 0.600. The first kappa shape index (κ1) is 12.6. The summed E-state index contributed by atoms with van der Waals surface area (Å²) in [5, 5.41) is 3.50. The first-order valence-electron chi connectivity index (χ1n) is 6.50. The van der Waals surface area contributed by atoms with E-state index in [2.05, 4.69) is 50.4 Å². The Kier molecular flexibility index (Phi) is 3.85. The van der Waals surface area contributed by atoms with Crippen molar-refractivity contribution in [3.8, 4) is 0 Å². The molecule has 1 aliphatic rings. The molecule has 0 saturated carbocycles. The Balaban J connectivity index is 1.76. The zero-order valence-electron chi connectivity index (χ0n) is 11.1. The monoisotopic (exact) mass is 233 g/mol. The molecule has 17 heavy (non-hydrogen) atoms. The molecule has 0 radical (unpaired) electrons. The second-order valence-corrected chi connectivity index (χ2v) is 5.60. The van der Waals surface area contributed by atoms with Crippen LogP contribution in [-0.4, -0.2) is 18.2 Å². The van der Waals surface area contributed by atoms with Gasteiger partial charge in [0.15, 0.2) is 0 Å². The third-order valence-corrected chi connectivity index (χ3v) is 3.50.